The van der Waals surface area contributed by atoms with E-state index in [4.69, 9.17) is 5.73 Å². The molecule has 1 rings (SSSR count). The van der Waals surface area contributed by atoms with E-state index in [-0.39, 0.29) is 30.3 Å². The number of hydrogen-bond acceptors (Lipinski definition) is 3. The van der Waals surface area contributed by atoms with Crippen molar-refractivity contribution < 1.29 is 9.59 Å². The summed E-state index contributed by atoms with van der Waals surface area (Å²) in [7, 11) is 0. The van der Waals surface area contributed by atoms with Crippen molar-refractivity contribution in [3.8, 4) is 0 Å². The van der Waals surface area contributed by atoms with Crippen molar-refractivity contribution in [3.63, 3.8) is 0 Å². The van der Waals surface area contributed by atoms with Gasteiger partial charge in [0, 0.05) is 19.0 Å². The van der Waals surface area contributed by atoms with Gasteiger partial charge in [0.25, 0.3) is 0 Å². The second kappa shape index (κ2) is 10.8. The first-order valence-corrected chi connectivity index (χ1v) is 8.35. The van der Waals surface area contributed by atoms with Gasteiger partial charge in [-0.2, -0.15) is 0 Å². The summed E-state index contributed by atoms with van der Waals surface area (Å²) >= 11 is 0. The van der Waals surface area contributed by atoms with Gasteiger partial charge in [0.05, 0.1) is 0 Å². The van der Waals surface area contributed by atoms with E-state index in [2.05, 4.69) is 17.6 Å². The summed E-state index contributed by atoms with van der Waals surface area (Å²) in [6.45, 7) is 4.67. The van der Waals surface area contributed by atoms with Crippen LogP contribution in [0.5, 0.6) is 0 Å². The normalized spacial score (nSPS) is 18.0. The minimum atomic E-state index is -0.694. The minimum absolute atomic E-state index is 0. The van der Waals surface area contributed by atoms with E-state index in [1.807, 2.05) is 6.92 Å². The van der Waals surface area contributed by atoms with E-state index in [9.17, 15) is 9.59 Å². The molecule has 0 saturated heterocycles. The molecule has 5 nitrogen and oxygen atoms in total. The lowest BCUT2D eigenvalue weighted by Gasteiger charge is -2.36. The second-order valence-corrected chi connectivity index (χ2v) is 6.32. The van der Waals surface area contributed by atoms with Crippen LogP contribution in [-0.4, -0.2) is 29.9 Å². The molecular formula is C16H32ClN3O2. The summed E-state index contributed by atoms with van der Waals surface area (Å²) in [5, 5.41) is 5.99. The fourth-order valence-corrected chi connectivity index (χ4v) is 2.80. The van der Waals surface area contributed by atoms with Crippen molar-refractivity contribution >= 4 is 24.2 Å². The number of amides is 2. The second-order valence-electron chi connectivity index (χ2n) is 6.32. The van der Waals surface area contributed by atoms with Gasteiger partial charge in [0.15, 0.2) is 0 Å². The van der Waals surface area contributed by atoms with Crippen LogP contribution in [0.15, 0.2) is 0 Å². The van der Waals surface area contributed by atoms with Gasteiger partial charge in [0.1, 0.15) is 5.54 Å². The van der Waals surface area contributed by atoms with Gasteiger partial charge < -0.3 is 16.4 Å². The molecule has 1 saturated carbocycles. The zero-order valence-electron chi connectivity index (χ0n) is 14.0. The molecule has 1 aliphatic carbocycles. The molecule has 0 spiro atoms. The molecule has 0 radical (unpaired) electrons. The largest absolute Gasteiger partial charge is 0.354 e. The Kier molecular flexibility index (Phi) is 10.4. The fourth-order valence-electron chi connectivity index (χ4n) is 2.80. The Morgan fingerprint density at radius 1 is 1.23 bits per heavy atom. The maximum Gasteiger partial charge on any atom is 0.245 e. The number of rotatable bonds is 8. The number of unbranched alkanes of at least 4 members (excludes halogenated alkanes) is 1. The summed E-state index contributed by atoms with van der Waals surface area (Å²) in [4.78, 5) is 24.6. The van der Waals surface area contributed by atoms with Crippen LogP contribution in [0.4, 0.5) is 0 Å². The molecule has 4 N–H and O–H groups in total. The molecule has 0 aromatic carbocycles. The first-order chi connectivity index (χ1) is 10.00. The van der Waals surface area contributed by atoms with Crippen LogP contribution < -0.4 is 16.4 Å². The summed E-state index contributed by atoms with van der Waals surface area (Å²) in [5.74, 6) is -0.0651. The fraction of sp³-hybridized carbons (Fsp3) is 0.875. The Balaban J connectivity index is 0.00000441. The lowest BCUT2D eigenvalue weighted by Crippen LogP contribution is -2.59. The summed E-state index contributed by atoms with van der Waals surface area (Å²) < 4.78 is 0. The van der Waals surface area contributed by atoms with Crippen LogP contribution in [0.25, 0.3) is 0 Å². The number of hydrogen-bond donors (Lipinski definition) is 3. The molecule has 2 amide bonds. The van der Waals surface area contributed by atoms with Crippen molar-refractivity contribution in [3.05, 3.63) is 0 Å². The molecule has 6 heteroatoms. The maximum atomic E-state index is 12.5. The number of nitrogens with two attached hydrogens (primary N) is 1. The number of nitrogens with one attached hydrogen (secondary N) is 2. The minimum Gasteiger partial charge on any atom is -0.354 e. The molecule has 0 aromatic heterocycles. The molecule has 0 aliphatic heterocycles. The SMILES string of the molecule is CCCCNC(=O)C1(NC(=O)CCC(C)N)CCCCC1.Cl. The van der Waals surface area contributed by atoms with Crippen molar-refractivity contribution in [1.82, 2.24) is 10.6 Å². The maximum absolute atomic E-state index is 12.5. The standard InChI is InChI=1S/C16H31N3O2.ClH/c1-3-4-12-18-15(21)16(10-6-5-7-11-16)19-14(20)9-8-13(2)17;/h13H,3-12,17H2,1-2H3,(H,18,21)(H,19,20);1H. The third-order valence-corrected chi connectivity index (χ3v) is 4.16. The highest BCUT2D eigenvalue weighted by molar-refractivity contribution is 5.91. The Morgan fingerprint density at radius 3 is 2.41 bits per heavy atom. The van der Waals surface area contributed by atoms with Gasteiger partial charge in [0.2, 0.25) is 11.8 Å². The number of carbonyl (C=O) groups excluding carboxylic acids is 2. The molecule has 0 heterocycles. The zero-order valence-corrected chi connectivity index (χ0v) is 14.8. The molecule has 22 heavy (non-hydrogen) atoms. The Hall–Kier alpha value is -0.810. The van der Waals surface area contributed by atoms with E-state index < -0.39 is 5.54 Å². The van der Waals surface area contributed by atoms with Gasteiger partial charge in [-0.25, -0.2) is 0 Å². The smallest absolute Gasteiger partial charge is 0.245 e. The van der Waals surface area contributed by atoms with Crippen molar-refractivity contribution in [2.45, 2.75) is 83.2 Å². The van der Waals surface area contributed by atoms with E-state index >= 15 is 0 Å². The lowest BCUT2D eigenvalue weighted by molar-refractivity contribution is -0.135. The van der Waals surface area contributed by atoms with Crippen LogP contribution in [0.2, 0.25) is 0 Å². The first-order valence-electron chi connectivity index (χ1n) is 8.35. The lowest BCUT2D eigenvalue weighted by atomic mass is 9.80. The van der Waals surface area contributed by atoms with Crippen LogP contribution in [0, 0.1) is 0 Å². The summed E-state index contributed by atoms with van der Waals surface area (Å²) in [6, 6.07) is 0.0106. The van der Waals surface area contributed by atoms with Crippen molar-refractivity contribution in [1.29, 1.82) is 0 Å². The number of carbonyl (C=O) groups is 2. The van der Waals surface area contributed by atoms with Crippen molar-refractivity contribution in [2.75, 3.05) is 6.54 Å². The molecule has 0 aromatic rings. The molecule has 1 unspecified atom stereocenters. The highest BCUT2D eigenvalue weighted by atomic mass is 35.5. The topological polar surface area (TPSA) is 84.2 Å². The Morgan fingerprint density at radius 2 is 1.86 bits per heavy atom. The van der Waals surface area contributed by atoms with Gasteiger partial charge in [-0.3, -0.25) is 9.59 Å². The summed E-state index contributed by atoms with van der Waals surface area (Å²) in [6.07, 6.45) is 7.68. The molecular weight excluding hydrogens is 302 g/mol. The number of halogens is 1. The van der Waals surface area contributed by atoms with E-state index in [0.29, 0.717) is 19.4 Å². The van der Waals surface area contributed by atoms with E-state index in [1.165, 1.54) is 0 Å². The van der Waals surface area contributed by atoms with E-state index in [0.717, 1.165) is 44.9 Å². The molecule has 0 bridgehead atoms. The zero-order chi connectivity index (χ0) is 15.7. The van der Waals surface area contributed by atoms with Crippen LogP contribution in [-0.2, 0) is 9.59 Å². The van der Waals surface area contributed by atoms with Crippen molar-refractivity contribution in [2.24, 2.45) is 5.73 Å². The molecule has 1 fully saturated rings. The molecule has 130 valence electrons. The van der Waals surface area contributed by atoms with Gasteiger partial charge in [-0.1, -0.05) is 32.6 Å². The monoisotopic (exact) mass is 333 g/mol. The quantitative estimate of drug-likeness (QED) is 0.596. The predicted octanol–water partition coefficient (Wildman–Crippen LogP) is 2.27. The molecule has 1 atom stereocenters. The van der Waals surface area contributed by atoms with Crippen LogP contribution in [0.1, 0.15) is 71.6 Å². The predicted molar refractivity (Wildman–Crippen MR) is 92.0 cm³/mol. The highest BCUT2D eigenvalue weighted by Crippen LogP contribution is 2.28. The van der Waals surface area contributed by atoms with E-state index in [1.54, 1.807) is 0 Å². The highest BCUT2D eigenvalue weighted by Gasteiger charge is 2.40. The third kappa shape index (κ3) is 6.97. The van der Waals surface area contributed by atoms with Gasteiger partial charge in [-0.05, 0) is 32.6 Å². The summed E-state index contributed by atoms with van der Waals surface area (Å²) in [5.41, 5.74) is 4.99. The van der Waals surface area contributed by atoms with Crippen LogP contribution in [0.3, 0.4) is 0 Å². The van der Waals surface area contributed by atoms with Crippen LogP contribution >= 0.6 is 12.4 Å². The van der Waals surface area contributed by atoms with Gasteiger partial charge >= 0.3 is 0 Å². The third-order valence-electron chi connectivity index (χ3n) is 4.16. The molecule has 1 aliphatic rings. The average molecular weight is 334 g/mol. The Bertz CT molecular complexity index is 342. The van der Waals surface area contributed by atoms with Gasteiger partial charge in [-0.15, -0.1) is 12.4 Å². The first kappa shape index (κ1) is 21.2. The average Bonchev–Trinajstić information content (AvgIpc) is 2.46. The Labute approximate surface area is 140 Å².